The summed E-state index contributed by atoms with van der Waals surface area (Å²) in [5, 5.41) is 11.8. The van der Waals surface area contributed by atoms with Crippen molar-refractivity contribution in [2.24, 2.45) is 4.99 Å². The lowest BCUT2D eigenvalue weighted by Crippen LogP contribution is -2.39. The Hall–Kier alpha value is -4.48. The quantitative estimate of drug-likeness (QED) is 0.177. The average Bonchev–Trinajstić information content (AvgIpc) is 3.52. The fourth-order valence-corrected chi connectivity index (χ4v) is 5.65. The number of carbonyl (C=O) groups is 1. The zero-order chi connectivity index (χ0) is 28.6. The predicted octanol–water partition coefficient (Wildman–Crippen LogP) is 4.63. The van der Waals surface area contributed by atoms with Crippen LogP contribution in [-0.4, -0.2) is 29.2 Å². The number of methoxy groups -OCH3 is 1. The normalized spacial score (nSPS) is 15.0. The second kappa shape index (κ2) is 10.9. The van der Waals surface area contributed by atoms with Crippen LogP contribution < -0.4 is 19.6 Å². The van der Waals surface area contributed by atoms with Crippen molar-refractivity contribution in [2.75, 3.05) is 13.7 Å². The minimum absolute atomic E-state index is 0.169. The van der Waals surface area contributed by atoms with Crippen LogP contribution in [0.15, 0.2) is 80.1 Å². The van der Waals surface area contributed by atoms with Gasteiger partial charge in [-0.25, -0.2) is 9.79 Å². The van der Waals surface area contributed by atoms with Gasteiger partial charge in [0.1, 0.15) is 17.3 Å². The molecule has 0 spiro atoms. The summed E-state index contributed by atoms with van der Waals surface area (Å²) in [6.07, 6.45) is 1.55. The zero-order valence-corrected chi connectivity index (χ0v) is 23.1. The number of allylic oxidation sites excluding steroid dienone is 1. The second-order valence-electron chi connectivity index (χ2n) is 8.70. The van der Waals surface area contributed by atoms with Crippen molar-refractivity contribution in [3.8, 4) is 17.1 Å². The number of nitro groups is 1. The summed E-state index contributed by atoms with van der Waals surface area (Å²) < 4.78 is 18.2. The molecule has 2 aromatic carbocycles. The van der Waals surface area contributed by atoms with E-state index < -0.39 is 16.9 Å². The molecule has 12 heteroatoms. The number of aromatic nitrogens is 1. The number of benzene rings is 2. The highest BCUT2D eigenvalue weighted by Crippen LogP contribution is 2.34. The molecule has 0 saturated heterocycles. The second-order valence-corrected chi connectivity index (χ2v) is 10.1. The average molecular weight is 580 g/mol. The van der Waals surface area contributed by atoms with Crippen LogP contribution in [0.3, 0.4) is 0 Å². The monoisotopic (exact) mass is 579 g/mol. The largest absolute Gasteiger partial charge is 0.497 e. The molecule has 1 aliphatic heterocycles. The van der Waals surface area contributed by atoms with Crippen LogP contribution in [0.4, 0.5) is 5.69 Å². The molecular weight excluding hydrogens is 558 g/mol. The van der Waals surface area contributed by atoms with Crippen LogP contribution in [0, 0.1) is 10.1 Å². The molecular formula is C28H22ClN3O7S. The summed E-state index contributed by atoms with van der Waals surface area (Å²) in [6, 6.07) is 13.8. The molecule has 10 nitrogen and oxygen atoms in total. The summed E-state index contributed by atoms with van der Waals surface area (Å²) in [7, 11) is 1.55. The van der Waals surface area contributed by atoms with Gasteiger partial charge in [-0.15, -0.1) is 0 Å². The van der Waals surface area contributed by atoms with Gasteiger partial charge < -0.3 is 13.9 Å². The van der Waals surface area contributed by atoms with Crippen LogP contribution in [0.5, 0.6) is 5.75 Å². The molecule has 2 aromatic heterocycles. The Kier molecular flexibility index (Phi) is 7.42. The Morgan fingerprint density at radius 1 is 1.23 bits per heavy atom. The van der Waals surface area contributed by atoms with Gasteiger partial charge in [0.2, 0.25) is 0 Å². The molecule has 40 heavy (non-hydrogen) atoms. The number of hydrogen-bond acceptors (Lipinski definition) is 9. The van der Waals surface area contributed by atoms with Gasteiger partial charge in [-0.1, -0.05) is 35.1 Å². The first-order valence-electron chi connectivity index (χ1n) is 12.1. The van der Waals surface area contributed by atoms with Crippen LogP contribution >= 0.6 is 22.9 Å². The maximum Gasteiger partial charge on any atom is 0.338 e. The number of nitro benzene ring substituents is 1. The van der Waals surface area contributed by atoms with Gasteiger partial charge in [0.15, 0.2) is 4.80 Å². The minimum atomic E-state index is -0.771. The smallest absolute Gasteiger partial charge is 0.338 e. The van der Waals surface area contributed by atoms with E-state index in [0.717, 1.165) is 11.3 Å². The van der Waals surface area contributed by atoms with E-state index in [1.807, 2.05) is 0 Å². The highest BCUT2D eigenvalue weighted by molar-refractivity contribution is 7.07. The Labute approximate surface area is 236 Å². The van der Waals surface area contributed by atoms with Gasteiger partial charge in [0.25, 0.3) is 11.2 Å². The van der Waals surface area contributed by atoms with Crippen LogP contribution in [-0.2, 0) is 9.53 Å². The third-order valence-electron chi connectivity index (χ3n) is 6.27. The third kappa shape index (κ3) is 4.96. The van der Waals surface area contributed by atoms with E-state index in [0.29, 0.717) is 32.1 Å². The number of ether oxygens (including phenoxy) is 2. The molecule has 3 heterocycles. The van der Waals surface area contributed by atoms with Crippen molar-refractivity contribution in [1.82, 2.24) is 4.57 Å². The maximum absolute atomic E-state index is 13.8. The lowest BCUT2D eigenvalue weighted by atomic mass is 9.96. The van der Waals surface area contributed by atoms with E-state index in [1.54, 1.807) is 63.4 Å². The fraction of sp³-hybridized carbons (Fsp3) is 0.179. The fourth-order valence-electron chi connectivity index (χ4n) is 4.46. The molecule has 1 atom stereocenters. The van der Waals surface area contributed by atoms with Gasteiger partial charge in [-0.3, -0.25) is 19.5 Å². The topological polar surface area (TPSA) is 126 Å². The van der Waals surface area contributed by atoms with Gasteiger partial charge in [-0.05, 0) is 55.8 Å². The van der Waals surface area contributed by atoms with Crippen LogP contribution in [0.2, 0.25) is 5.02 Å². The van der Waals surface area contributed by atoms with E-state index in [2.05, 4.69) is 4.99 Å². The van der Waals surface area contributed by atoms with Crippen LogP contribution in [0.1, 0.15) is 31.2 Å². The molecule has 0 saturated carbocycles. The number of halogens is 1. The summed E-state index contributed by atoms with van der Waals surface area (Å²) >= 11 is 7.07. The highest BCUT2D eigenvalue weighted by atomic mass is 35.5. The summed E-state index contributed by atoms with van der Waals surface area (Å²) in [6.45, 7) is 3.58. The van der Waals surface area contributed by atoms with Crippen LogP contribution in [0.25, 0.3) is 17.4 Å². The van der Waals surface area contributed by atoms with Crippen molar-refractivity contribution in [3.05, 3.63) is 112 Å². The summed E-state index contributed by atoms with van der Waals surface area (Å²) in [5.74, 6) is 0.633. The molecule has 0 N–H and O–H groups in total. The number of furan rings is 1. The Morgan fingerprint density at radius 2 is 1.98 bits per heavy atom. The van der Waals surface area contributed by atoms with E-state index >= 15 is 0 Å². The summed E-state index contributed by atoms with van der Waals surface area (Å²) in [4.78, 5) is 42.7. The number of hydrogen-bond donors (Lipinski definition) is 0. The third-order valence-corrected chi connectivity index (χ3v) is 7.49. The Morgan fingerprint density at radius 3 is 2.65 bits per heavy atom. The van der Waals surface area contributed by atoms with E-state index in [9.17, 15) is 19.7 Å². The molecule has 4 aromatic rings. The van der Waals surface area contributed by atoms with Crippen molar-refractivity contribution >= 4 is 40.7 Å². The molecule has 204 valence electrons. The molecule has 1 aliphatic rings. The standard InChI is InChI=1S/C28H22ClN3O7S/c1-4-38-27(34)24-15(2)30-28-31(25(24)16-5-8-18(37-3)9-6-16)26(33)23(40-28)14-19-10-12-22(39-19)20-11-7-17(29)13-21(20)32(35)36/h5-14,25H,4H2,1-3H3. The molecule has 0 bridgehead atoms. The number of rotatable bonds is 7. The Bertz CT molecular complexity index is 1850. The van der Waals surface area contributed by atoms with Gasteiger partial charge in [-0.2, -0.15) is 0 Å². The number of nitrogens with zero attached hydrogens (tertiary/aromatic N) is 3. The van der Waals surface area contributed by atoms with Crippen molar-refractivity contribution in [3.63, 3.8) is 0 Å². The molecule has 0 aliphatic carbocycles. The lowest BCUT2D eigenvalue weighted by molar-refractivity contribution is -0.384. The van der Waals surface area contributed by atoms with Gasteiger partial charge in [0, 0.05) is 17.2 Å². The highest BCUT2D eigenvalue weighted by Gasteiger charge is 2.33. The zero-order valence-electron chi connectivity index (χ0n) is 21.5. The molecule has 0 amide bonds. The number of esters is 1. The minimum Gasteiger partial charge on any atom is -0.497 e. The SMILES string of the molecule is CCOC(=O)C1=C(C)N=c2sc(=Cc3ccc(-c4ccc(Cl)cc4[N+](=O)[O-])o3)c(=O)n2C1c1ccc(OC)cc1. The lowest BCUT2D eigenvalue weighted by Gasteiger charge is -2.24. The summed E-state index contributed by atoms with van der Waals surface area (Å²) in [5.41, 5.74) is 1.07. The molecule has 0 fully saturated rings. The number of thiazole rings is 1. The molecule has 5 rings (SSSR count). The van der Waals surface area contributed by atoms with Crippen molar-refractivity contribution < 1.29 is 23.6 Å². The molecule has 1 unspecified atom stereocenters. The van der Waals surface area contributed by atoms with Gasteiger partial charge in [0.05, 0.1) is 46.0 Å². The van der Waals surface area contributed by atoms with Gasteiger partial charge >= 0.3 is 5.97 Å². The number of fused-ring (bicyclic) bond motifs is 1. The maximum atomic E-state index is 13.8. The Balaban J connectivity index is 1.63. The molecule has 0 radical (unpaired) electrons. The van der Waals surface area contributed by atoms with Crippen molar-refractivity contribution in [1.29, 1.82) is 0 Å². The first kappa shape index (κ1) is 27.1. The first-order chi connectivity index (χ1) is 19.2. The number of carbonyl (C=O) groups excluding carboxylic acids is 1. The first-order valence-corrected chi connectivity index (χ1v) is 13.3. The predicted molar refractivity (Wildman–Crippen MR) is 149 cm³/mol. The van der Waals surface area contributed by atoms with Crippen molar-refractivity contribution in [2.45, 2.75) is 19.9 Å². The van der Waals surface area contributed by atoms with E-state index in [1.165, 1.54) is 22.8 Å². The van der Waals surface area contributed by atoms with E-state index in [-0.39, 0.29) is 39.8 Å². The van der Waals surface area contributed by atoms with E-state index in [4.69, 9.17) is 25.5 Å².